The average molecular weight is 290 g/mol. The third kappa shape index (κ3) is 2.63. The van der Waals surface area contributed by atoms with Crippen LogP contribution in [0.15, 0.2) is 24.3 Å². The Hall–Kier alpha value is -1.62. The summed E-state index contributed by atoms with van der Waals surface area (Å²) >= 11 is 1.78. The Morgan fingerprint density at radius 3 is 2.85 bits per heavy atom. The van der Waals surface area contributed by atoms with Crippen LogP contribution in [0.1, 0.15) is 30.7 Å². The molecule has 1 aromatic carbocycles. The van der Waals surface area contributed by atoms with E-state index in [0.29, 0.717) is 12.5 Å². The molecule has 0 spiro atoms. The van der Waals surface area contributed by atoms with Gasteiger partial charge in [0, 0.05) is 19.0 Å². The molecule has 1 fully saturated rings. The molecule has 1 aromatic heterocycles. The predicted octanol–water partition coefficient (Wildman–Crippen LogP) is 3.63. The van der Waals surface area contributed by atoms with E-state index in [1.165, 1.54) is 9.71 Å². The maximum absolute atomic E-state index is 11.7. The Bertz CT molecular complexity index is 570. The Morgan fingerprint density at radius 1 is 1.40 bits per heavy atom. The fourth-order valence-electron chi connectivity index (χ4n) is 2.59. The van der Waals surface area contributed by atoms with Crippen LogP contribution in [0.2, 0.25) is 0 Å². The molecule has 0 bridgehead atoms. The number of piperidine rings is 1. The summed E-state index contributed by atoms with van der Waals surface area (Å²) in [5, 5.41) is 1.20. The van der Waals surface area contributed by atoms with E-state index in [1.54, 1.807) is 16.2 Å². The van der Waals surface area contributed by atoms with E-state index in [2.05, 4.69) is 12.1 Å². The maximum Gasteiger partial charge on any atom is 0.409 e. The first-order valence-electron chi connectivity index (χ1n) is 7.05. The number of thiazole rings is 1. The van der Waals surface area contributed by atoms with E-state index in [4.69, 9.17) is 9.72 Å². The second-order valence-electron chi connectivity index (χ2n) is 4.98. The highest BCUT2D eigenvalue weighted by Crippen LogP contribution is 2.33. The van der Waals surface area contributed by atoms with Gasteiger partial charge in [-0.2, -0.15) is 0 Å². The molecule has 0 aliphatic carbocycles. The minimum atomic E-state index is -0.185. The van der Waals surface area contributed by atoms with Crippen molar-refractivity contribution in [2.45, 2.75) is 25.7 Å². The zero-order valence-electron chi connectivity index (χ0n) is 11.5. The molecule has 1 aliphatic heterocycles. The van der Waals surface area contributed by atoms with E-state index in [9.17, 15) is 4.79 Å². The molecule has 2 aromatic rings. The van der Waals surface area contributed by atoms with E-state index in [-0.39, 0.29) is 6.09 Å². The second-order valence-corrected chi connectivity index (χ2v) is 6.04. The van der Waals surface area contributed by atoms with E-state index in [1.807, 2.05) is 19.1 Å². The van der Waals surface area contributed by atoms with E-state index >= 15 is 0 Å². The van der Waals surface area contributed by atoms with E-state index in [0.717, 1.165) is 31.4 Å². The standard InChI is InChI=1S/C15H18N2O2S/c1-2-19-15(18)17-9-7-11(8-10-17)14-16-12-5-3-4-6-13(12)20-14/h3-6,11H,2,7-10H2,1H3. The van der Waals surface area contributed by atoms with Crippen LogP contribution in [0.5, 0.6) is 0 Å². The molecule has 2 heterocycles. The fourth-order valence-corrected chi connectivity index (χ4v) is 3.72. The van der Waals surface area contributed by atoms with Crippen molar-refractivity contribution in [3.63, 3.8) is 0 Å². The van der Waals surface area contributed by atoms with Crippen molar-refractivity contribution in [1.82, 2.24) is 9.88 Å². The van der Waals surface area contributed by atoms with Crippen molar-refractivity contribution in [2.75, 3.05) is 19.7 Å². The van der Waals surface area contributed by atoms with E-state index < -0.39 is 0 Å². The largest absolute Gasteiger partial charge is 0.450 e. The van der Waals surface area contributed by atoms with Gasteiger partial charge in [0.25, 0.3) is 0 Å². The number of carbonyl (C=O) groups is 1. The zero-order chi connectivity index (χ0) is 13.9. The normalized spacial score (nSPS) is 16.6. The van der Waals surface area contributed by atoms with Crippen molar-refractivity contribution >= 4 is 27.6 Å². The topological polar surface area (TPSA) is 42.4 Å². The fraction of sp³-hybridized carbons (Fsp3) is 0.467. The number of fused-ring (bicyclic) bond motifs is 1. The second kappa shape index (κ2) is 5.79. The van der Waals surface area contributed by atoms with Crippen LogP contribution < -0.4 is 0 Å². The number of hydrogen-bond donors (Lipinski definition) is 0. The van der Waals surface area contributed by atoms with Gasteiger partial charge in [-0.3, -0.25) is 0 Å². The summed E-state index contributed by atoms with van der Waals surface area (Å²) in [6, 6.07) is 8.25. The highest BCUT2D eigenvalue weighted by molar-refractivity contribution is 7.18. The monoisotopic (exact) mass is 290 g/mol. The first-order valence-corrected chi connectivity index (χ1v) is 7.86. The zero-order valence-corrected chi connectivity index (χ0v) is 12.4. The summed E-state index contributed by atoms with van der Waals surface area (Å²) < 4.78 is 6.29. The number of ether oxygens (including phenoxy) is 1. The predicted molar refractivity (Wildman–Crippen MR) is 80.2 cm³/mol. The summed E-state index contributed by atoms with van der Waals surface area (Å²) in [5.74, 6) is 0.470. The SMILES string of the molecule is CCOC(=O)N1CCC(c2nc3ccccc3s2)CC1. The number of nitrogens with zero attached hydrogens (tertiary/aromatic N) is 2. The van der Waals surface area contributed by atoms with Gasteiger partial charge in [-0.25, -0.2) is 9.78 Å². The summed E-state index contributed by atoms with van der Waals surface area (Å²) in [5.41, 5.74) is 1.08. The van der Waals surface area contributed by atoms with Crippen LogP contribution in [-0.4, -0.2) is 35.7 Å². The van der Waals surface area contributed by atoms with Crippen molar-refractivity contribution in [3.05, 3.63) is 29.3 Å². The van der Waals surface area contributed by atoms with Gasteiger partial charge in [0.15, 0.2) is 0 Å². The number of likely N-dealkylation sites (tertiary alicyclic amines) is 1. The summed E-state index contributed by atoms with van der Waals surface area (Å²) in [6.07, 6.45) is 1.76. The van der Waals surface area contributed by atoms with Crippen LogP contribution in [0.4, 0.5) is 4.79 Å². The van der Waals surface area contributed by atoms with Gasteiger partial charge in [-0.05, 0) is 31.9 Å². The van der Waals surface area contributed by atoms with Gasteiger partial charge in [0.2, 0.25) is 0 Å². The molecule has 1 saturated heterocycles. The molecule has 106 valence electrons. The van der Waals surface area contributed by atoms with Crippen LogP contribution >= 0.6 is 11.3 Å². The molecule has 0 radical (unpaired) electrons. The minimum Gasteiger partial charge on any atom is -0.450 e. The van der Waals surface area contributed by atoms with Crippen LogP contribution in [0.25, 0.3) is 10.2 Å². The van der Waals surface area contributed by atoms with Gasteiger partial charge in [-0.15, -0.1) is 11.3 Å². The number of hydrogen-bond acceptors (Lipinski definition) is 4. The Balaban J connectivity index is 1.67. The lowest BCUT2D eigenvalue weighted by atomic mass is 9.98. The van der Waals surface area contributed by atoms with Crippen molar-refractivity contribution in [3.8, 4) is 0 Å². The quantitative estimate of drug-likeness (QED) is 0.848. The number of para-hydroxylation sites is 1. The summed E-state index contributed by atoms with van der Waals surface area (Å²) in [7, 11) is 0. The van der Waals surface area contributed by atoms with Crippen LogP contribution in [-0.2, 0) is 4.74 Å². The Morgan fingerprint density at radius 2 is 2.15 bits per heavy atom. The number of amides is 1. The third-order valence-electron chi connectivity index (χ3n) is 3.68. The summed E-state index contributed by atoms with van der Waals surface area (Å²) in [4.78, 5) is 18.2. The molecular weight excluding hydrogens is 272 g/mol. The van der Waals surface area contributed by atoms with Crippen molar-refractivity contribution < 1.29 is 9.53 Å². The smallest absolute Gasteiger partial charge is 0.409 e. The number of benzene rings is 1. The van der Waals surface area contributed by atoms with Crippen molar-refractivity contribution in [1.29, 1.82) is 0 Å². The molecule has 0 unspecified atom stereocenters. The Kier molecular flexibility index (Phi) is 3.87. The van der Waals surface area contributed by atoms with Gasteiger partial charge in [0.05, 0.1) is 21.8 Å². The number of rotatable bonds is 2. The molecule has 0 atom stereocenters. The molecule has 0 N–H and O–H groups in total. The number of carbonyl (C=O) groups excluding carboxylic acids is 1. The molecule has 20 heavy (non-hydrogen) atoms. The van der Waals surface area contributed by atoms with Crippen LogP contribution in [0, 0.1) is 0 Å². The van der Waals surface area contributed by atoms with Crippen molar-refractivity contribution in [2.24, 2.45) is 0 Å². The lowest BCUT2D eigenvalue weighted by Crippen LogP contribution is -2.38. The third-order valence-corrected chi connectivity index (χ3v) is 4.88. The lowest BCUT2D eigenvalue weighted by Gasteiger charge is -2.30. The average Bonchev–Trinajstić information content (AvgIpc) is 2.91. The summed E-state index contributed by atoms with van der Waals surface area (Å²) in [6.45, 7) is 3.81. The molecule has 3 rings (SSSR count). The van der Waals surface area contributed by atoms with Gasteiger partial charge in [-0.1, -0.05) is 12.1 Å². The Labute approximate surface area is 122 Å². The molecule has 0 saturated carbocycles. The maximum atomic E-state index is 11.7. The number of aromatic nitrogens is 1. The molecule has 4 nitrogen and oxygen atoms in total. The highest BCUT2D eigenvalue weighted by atomic mass is 32.1. The van der Waals surface area contributed by atoms with Crippen LogP contribution in [0.3, 0.4) is 0 Å². The van der Waals surface area contributed by atoms with Gasteiger partial charge < -0.3 is 9.64 Å². The molecular formula is C15H18N2O2S. The molecule has 1 aliphatic rings. The highest BCUT2D eigenvalue weighted by Gasteiger charge is 2.26. The van der Waals surface area contributed by atoms with Gasteiger partial charge >= 0.3 is 6.09 Å². The molecule has 1 amide bonds. The minimum absolute atomic E-state index is 0.185. The van der Waals surface area contributed by atoms with Gasteiger partial charge in [0.1, 0.15) is 0 Å². The first-order chi connectivity index (χ1) is 9.78. The first kappa shape index (κ1) is 13.4. The molecule has 5 heteroatoms. The lowest BCUT2D eigenvalue weighted by molar-refractivity contribution is 0.0970.